The normalized spacial score (nSPS) is 12.3. The maximum atomic E-state index is 12.0. The summed E-state index contributed by atoms with van der Waals surface area (Å²) in [6.45, 7) is 0. The molecular formula is C6H3F3IN3O5S. The first-order valence-electron chi connectivity index (χ1n) is 4.05. The van der Waals surface area contributed by atoms with Crippen LogP contribution in [0, 0.1) is 13.8 Å². The lowest BCUT2D eigenvalue weighted by Crippen LogP contribution is -2.20. The third kappa shape index (κ3) is 4.13. The largest absolute Gasteiger partial charge is 0.573 e. The number of nitro groups is 1. The van der Waals surface area contributed by atoms with Crippen LogP contribution in [0.15, 0.2) is 11.1 Å². The minimum absolute atomic E-state index is 0.294. The zero-order valence-electron chi connectivity index (χ0n) is 8.51. The van der Waals surface area contributed by atoms with E-state index in [1.54, 1.807) is 0 Å². The average Bonchev–Trinajstić information content (AvgIpc) is 2.16. The number of hydrogen-bond acceptors (Lipinski definition) is 6. The van der Waals surface area contributed by atoms with Gasteiger partial charge in [-0.05, 0) is 22.6 Å². The zero-order valence-corrected chi connectivity index (χ0v) is 11.5. The molecule has 0 atom stereocenters. The van der Waals surface area contributed by atoms with Crippen LogP contribution in [0.4, 0.5) is 18.9 Å². The summed E-state index contributed by atoms with van der Waals surface area (Å²) >= 11 is 1.23. The van der Waals surface area contributed by atoms with Crippen molar-refractivity contribution >= 4 is 38.3 Å². The van der Waals surface area contributed by atoms with Gasteiger partial charge in [-0.1, -0.05) is 0 Å². The molecule has 19 heavy (non-hydrogen) atoms. The molecule has 0 saturated heterocycles. The minimum Gasteiger partial charge on any atom is -0.403 e. The molecule has 0 spiro atoms. The molecule has 0 bridgehead atoms. The van der Waals surface area contributed by atoms with Gasteiger partial charge in [0, 0.05) is 0 Å². The van der Waals surface area contributed by atoms with E-state index in [0.29, 0.717) is 6.07 Å². The molecule has 1 aromatic heterocycles. The Labute approximate surface area is 117 Å². The van der Waals surface area contributed by atoms with E-state index in [4.69, 9.17) is 0 Å². The number of nitrogens with two attached hydrogens (primary N) is 1. The van der Waals surface area contributed by atoms with E-state index in [2.05, 4.69) is 14.9 Å². The molecule has 0 fully saturated rings. The summed E-state index contributed by atoms with van der Waals surface area (Å²) in [6.07, 6.45) is -5.10. The summed E-state index contributed by atoms with van der Waals surface area (Å²) in [6, 6.07) is 0.294. The van der Waals surface area contributed by atoms with Crippen molar-refractivity contribution in [2.24, 2.45) is 5.14 Å². The molecule has 106 valence electrons. The summed E-state index contributed by atoms with van der Waals surface area (Å²) in [5.41, 5.74) is -1.21. The van der Waals surface area contributed by atoms with E-state index in [-0.39, 0.29) is 0 Å². The van der Waals surface area contributed by atoms with Crippen molar-refractivity contribution in [3.8, 4) is 5.75 Å². The van der Waals surface area contributed by atoms with Crippen molar-refractivity contribution in [2.45, 2.75) is 11.4 Å². The Bertz CT molecular complexity index is 632. The third-order valence-electron chi connectivity index (χ3n) is 1.58. The maximum absolute atomic E-state index is 12.0. The lowest BCUT2D eigenvalue weighted by atomic mass is 10.4. The van der Waals surface area contributed by atoms with Crippen LogP contribution in [0.25, 0.3) is 0 Å². The molecule has 0 saturated carbocycles. The van der Waals surface area contributed by atoms with Gasteiger partial charge in [-0.15, -0.1) is 13.2 Å². The van der Waals surface area contributed by atoms with Crippen molar-refractivity contribution in [2.75, 3.05) is 0 Å². The molecule has 2 N–H and O–H groups in total. The number of hydrogen-bond donors (Lipinski definition) is 1. The average molecular weight is 413 g/mol. The number of alkyl halides is 3. The molecule has 0 aliphatic rings. The molecule has 0 unspecified atom stereocenters. The van der Waals surface area contributed by atoms with E-state index in [1.807, 2.05) is 0 Å². The maximum Gasteiger partial charge on any atom is 0.573 e. The molecule has 1 aromatic rings. The fourth-order valence-corrected chi connectivity index (χ4v) is 2.30. The lowest BCUT2D eigenvalue weighted by molar-refractivity contribution is -0.388. The SMILES string of the molecule is NS(=O)(=O)c1nc(I)c(OC(F)(F)F)cc1[N+](=O)[O-]. The van der Waals surface area contributed by atoms with Crippen LogP contribution < -0.4 is 9.88 Å². The van der Waals surface area contributed by atoms with Crippen LogP contribution in [0.3, 0.4) is 0 Å². The van der Waals surface area contributed by atoms with Gasteiger partial charge in [0.05, 0.1) is 11.0 Å². The highest BCUT2D eigenvalue weighted by Crippen LogP contribution is 2.32. The number of rotatable bonds is 3. The van der Waals surface area contributed by atoms with Gasteiger partial charge >= 0.3 is 12.0 Å². The zero-order chi connectivity index (χ0) is 15.0. The van der Waals surface area contributed by atoms with E-state index >= 15 is 0 Å². The summed E-state index contributed by atoms with van der Waals surface area (Å²) in [7, 11) is -4.56. The van der Waals surface area contributed by atoms with Gasteiger partial charge in [0.15, 0.2) is 5.75 Å². The van der Waals surface area contributed by atoms with Gasteiger partial charge in [0.2, 0.25) is 5.03 Å². The predicted octanol–water partition coefficient (Wildman–Crippen LogP) is 1.14. The summed E-state index contributed by atoms with van der Waals surface area (Å²) < 4.78 is 61.1. The van der Waals surface area contributed by atoms with Crippen LogP contribution in [0.5, 0.6) is 5.75 Å². The Hall–Kier alpha value is -1.22. The Morgan fingerprint density at radius 3 is 2.37 bits per heavy atom. The monoisotopic (exact) mass is 413 g/mol. The van der Waals surface area contributed by atoms with Crippen LogP contribution in [-0.2, 0) is 10.0 Å². The van der Waals surface area contributed by atoms with Crippen LogP contribution in [-0.4, -0.2) is 24.7 Å². The topological polar surface area (TPSA) is 125 Å². The third-order valence-corrected chi connectivity index (χ3v) is 3.19. The number of halogens is 4. The number of primary sulfonamides is 1. The molecule has 13 heteroatoms. The summed E-state index contributed by atoms with van der Waals surface area (Å²) in [5.74, 6) is -0.993. The first-order valence-corrected chi connectivity index (χ1v) is 6.68. The van der Waals surface area contributed by atoms with Crippen molar-refractivity contribution in [3.05, 3.63) is 19.9 Å². The van der Waals surface area contributed by atoms with Gasteiger partial charge < -0.3 is 4.74 Å². The molecule has 1 rings (SSSR count). The number of nitrogens with zero attached hydrogens (tertiary/aromatic N) is 2. The van der Waals surface area contributed by atoms with Crippen LogP contribution in [0.1, 0.15) is 0 Å². The number of sulfonamides is 1. The van der Waals surface area contributed by atoms with Crippen molar-refractivity contribution in [1.82, 2.24) is 4.98 Å². The minimum atomic E-state index is -5.10. The van der Waals surface area contributed by atoms with Crippen molar-refractivity contribution < 1.29 is 31.2 Å². The Kier molecular flexibility index (Phi) is 4.20. The van der Waals surface area contributed by atoms with E-state index < -0.39 is 41.5 Å². The molecule has 0 radical (unpaired) electrons. The Balaban J connectivity index is 3.50. The van der Waals surface area contributed by atoms with Gasteiger partial charge in [-0.3, -0.25) is 10.1 Å². The van der Waals surface area contributed by atoms with Crippen molar-refractivity contribution in [3.63, 3.8) is 0 Å². The highest BCUT2D eigenvalue weighted by Gasteiger charge is 2.35. The predicted molar refractivity (Wildman–Crippen MR) is 61.7 cm³/mol. The second-order valence-electron chi connectivity index (χ2n) is 2.95. The van der Waals surface area contributed by atoms with Gasteiger partial charge in [-0.25, -0.2) is 18.5 Å². The highest BCUT2D eigenvalue weighted by molar-refractivity contribution is 14.1. The number of ether oxygens (including phenoxy) is 1. The number of pyridine rings is 1. The highest BCUT2D eigenvalue weighted by atomic mass is 127. The molecule has 0 aliphatic carbocycles. The molecule has 1 heterocycles. The summed E-state index contributed by atoms with van der Waals surface area (Å²) in [4.78, 5) is 12.5. The second-order valence-corrected chi connectivity index (χ2v) is 5.45. The first-order chi connectivity index (χ1) is 8.42. The summed E-state index contributed by atoms with van der Waals surface area (Å²) in [5, 5.41) is 14.1. The van der Waals surface area contributed by atoms with Crippen molar-refractivity contribution in [1.29, 1.82) is 0 Å². The van der Waals surface area contributed by atoms with Crippen LogP contribution in [0.2, 0.25) is 0 Å². The molecule has 0 aromatic carbocycles. The second kappa shape index (κ2) is 5.04. The quantitative estimate of drug-likeness (QED) is 0.343. The molecule has 0 amide bonds. The molecule has 0 aliphatic heterocycles. The Morgan fingerprint density at radius 2 is 2.00 bits per heavy atom. The number of aromatic nitrogens is 1. The standard InChI is InChI=1S/C6H3F3IN3O5S/c7-6(8,9)18-3-1-2(13(14)15)5(12-4(3)10)19(11,16)17/h1H,(H2,11,16,17). The van der Waals surface area contributed by atoms with E-state index in [9.17, 15) is 31.7 Å². The van der Waals surface area contributed by atoms with Crippen LogP contribution >= 0.6 is 22.6 Å². The van der Waals surface area contributed by atoms with Gasteiger partial charge in [0.1, 0.15) is 3.70 Å². The molecular weight excluding hydrogens is 410 g/mol. The fourth-order valence-electron chi connectivity index (χ4n) is 0.983. The first kappa shape index (κ1) is 15.8. The van der Waals surface area contributed by atoms with Gasteiger partial charge in [0.25, 0.3) is 10.0 Å². The van der Waals surface area contributed by atoms with E-state index in [0.717, 1.165) is 0 Å². The Morgan fingerprint density at radius 1 is 1.47 bits per heavy atom. The fraction of sp³-hybridized carbons (Fsp3) is 0.167. The molecule has 8 nitrogen and oxygen atoms in total. The smallest absolute Gasteiger partial charge is 0.403 e. The van der Waals surface area contributed by atoms with Gasteiger partial charge in [-0.2, -0.15) is 0 Å². The van der Waals surface area contributed by atoms with E-state index in [1.165, 1.54) is 22.6 Å². The lowest BCUT2D eigenvalue weighted by Gasteiger charge is -2.10.